The van der Waals surface area contributed by atoms with Crippen molar-refractivity contribution in [2.24, 2.45) is 0 Å². The van der Waals surface area contributed by atoms with Crippen LogP contribution in [0.15, 0.2) is 18.3 Å². The minimum absolute atomic E-state index is 0.0908. The van der Waals surface area contributed by atoms with Gasteiger partial charge in [-0.1, -0.05) is 13.3 Å². The van der Waals surface area contributed by atoms with Gasteiger partial charge in [0.25, 0.3) is 0 Å². The Bertz CT molecular complexity index is 366. The first kappa shape index (κ1) is 12.5. The number of pyridine rings is 1. The number of aromatic carboxylic acids is 1. The van der Waals surface area contributed by atoms with Crippen LogP contribution in [0.3, 0.4) is 0 Å². The van der Waals surface area contributed by atoms with Crippen molar-refractivity contribution in [1.82, 2.24) is 4.98 Å². The smallest absolute Gasteiger partial charge is 0.354 e. The Balaban J connectivity index is 2.86. The summed E-state index contributed by atoms with van der Waals surface area (Å²) in [7, 11) is 1.97. The Kier molecular flexibility index (Phi) is 4.28. The molecule has 1 aromatic heterocycles. The van der Waals surface area contributed by atoms with Gasteiger partial charge in [-0.05, 0) is 25.5 Å². The van der Waals surface area contributed by atoms with Gasteiger partial charge in [-0.2, -0.15) is 0 Å². The first-order valence-corrected chi connectivity index (χ1v) is 5.48. The number of carbonyl (C=O) groups is 1. The van der Waals surface area contributed by atoms with Crippen molar-refractivity contribution in [3.63, 3.8) is 0 Å². The summed E-state index contributed by atoms with van der Waals surface area (Å²) in [6, 6.07) is 3.83. The summed E-state index contributed by atoms with van der Waals surface area (Å²) in [6.45, 7) is 4.27. The Morgan fingerprint density at radius 1 is 1.62 bits per heavy atom. The van der Waals surface area contributed by atoms with Crippen molar-refractivity contribution in [3.8, 4) is 0 Å². The minimum atomic E-state index is -0.988. The molecule has 0 saturated heterocycles. The molecule has 0 aliphatic carbocycles. The number of carboxylic acids is 1. The van der Waals surface area contributed by atoms with Crippen molar-refractivity contribution in [1.29, 1.82) is 0 Å². The molecule has 1 aromatic rings. The van der Waals surface area contributed by atoms with E-state index in [1.54, 1.807) is 6.07 Å². The lowest BCUT2D eigenvalue weighted by molar-refractivity contribution is 0.0690. The summed E-state index contributed by atoms with van der Waals surface area (Å²) in [4.78, 5) is 16.7. The molecular weight excluding hydrogens is 204 g/mol. The highest BCUT2D eigenvalue weighted by atomic mass is 16.4. The zero-order valence-electron chi connectivity index (χ0n) is 9.97. The van der Waals surface area contributed by atoms with Crippen LogP contribution in [-0.2, 0) is 0 Å². The molecule has 88 valence electrons. The maximum absolute atomic E-state index is 10.8. The van der Waals surface area contributed by atoms with E-state index >= 15 is 0 Å². The van der Waals surface area contributed by atoms with Gasteiger partial charge in [0, 0.05) is 25.0 Å². The van der Waals surface area contributed by atoms with E-state index in [-0.39, 0.29) is 5.69 Å². The molecule has 0 spiro atoms. The van der Waals surface area contributed by atoms with Gasteiger partial charge in [-0.15, -0.1) is 0 Å². The highest BCUT2D eigenvalue weighted by Crippen LogP contribution is 2.17. The molecule has 1 atom stereocenters. The van der Waals surface area contributed by atoms with Gasteiger partial charge in [0.15, 0.2) is 0 Å². The first-order chi connectivity index (χ1) is 7.56. The van der Waals surface area contributed by atoms with Crippen LogP contribution in [0.4, 0.5) is 5.69 Å². The molecule has 0 amide bonds. The maximum atomic E-state index is 10.8. The topological polar surface area (TPSA) is 53.4 Å². The van der Waals surface area contributed by atoms with Crippen LogP contribution >= 0.6 is 0 Å². The highest BCUT2D eigenvalue weighted by Gasteiger charge is 2.11. The molecule has 0 fully saturated rings. The molecule has 0 aliphatic heterocycles. The molecule has 1 N–H and O–H groups in total. The number of hydrogen-bond donors (Lipinski definition) is 1. The largest absolute Gasteiger partial charge is 0.477 e. The molecule has 1 heterocycles. The predicted molar refractivity (Wildman–Crippen MR) is 64.0 cm³/mol. The molecule has 1 unspecified atom stereocenters. The van der Waals surface area contributed by atoms with E-state index in [1.807, 2.05) is 13.1 Å². The molecule has 0 radical (unpaired) electrons. The Morgan fingerprint density at radius 2 is 2.31 bits per heavy atom. The van der Waals surface area contributed by atoms with Gasteiger partial charge in [-0.25, -0.2) is 9.78 Å². The quantitative estimate of drug-likeness (QED) is 0.831. The second-order valence-electron chi connectivity index (χ2n) is 3.95. The van der Waals surface area contributed by atoms with Gasteiger partial charge in [-0.3, -0.25) is 0 Å². The number of rotatable bonds is 5. The van der Waals surface area contributed by atoms with Crippen molar-refractivity contribution in [2.45, 2.75) is 32.7 Å². The van der Waals surface area contributed by atoms with E-state index in [0.717, 1.165) is 18.5 Å². The number of anilines is 1. The van der Waals surface area contributed by atoms with E-state index in [0.29, 0.717) is 6.04 Å². The molecule has 1 rings (SSSR count). The summed E-state index contributed by atoms with van der Waals surface area (Å²) >= 11 is 0. The lowest BCUT2D eigenvalue weighted by Crippen LogP contribution is -2.28. The van der Waals surface area contributed by atoms with Crippen LogP contribution in [0.25, 0.3) is 0 Å². The lowest BCUT2D eigenvalue weighted by Gasteiger charge is -2.26. The number of carboxylic acid groups (broad SMARTS) is 1. The van der Waals surface area contributed by atoms with Crippen LogP contribution < -0.4 is 4.90 Å². The fourth-order valence-corrected chi connectivity index (χ4v) is 1.62. The van der Waals surface area contributed by atoms with Crippen LogP contribution in [0.1, 0.15) is 37.2 Å². The SMILES string of the molecule is CCCC(C)N(C)c1ccnc(C(=O)O)c1. The van der Waals surface area contributed by atoms with E-state index in [1.165, 1.54) is 6.20 Å². The van der Waals surface area contributed by atoms with Crippen molar-refractivity contribution in [2.75, 3.05) is 11.9 Å². The van der Waals surface area contributed by atoms with Crippen LogP contribution in [0.2, 0.25) is 0 Å². The molecule has 0 aliphatic rings. The standard InChI is InChI=1S/C12H18N2O2/c1-4-5-9(2)14(3)10-6-7-13-11(8-10)12(15)16/h6-9H,4-5H2,1-3H3,(H,15,16). The first-order valence-electron chi connectivity index (χ1n) is 5.48. The number of nitrogens with zero attached hydrogens (tertiary/aromatic N) is 2. The zero-order chi connectivity index (χ0) is 12.1. The predicted octanol–water partition coefficient (Wildman–Crippen LogP) is 2.40. The number of hydrogen-bond acceptors (Lipinski definition) is 3. The summed E-state index contributed by atoms with van der Waals surface area (Å²) in [6.07, 6.45) is 3.73. The normalized spacial score (nSPS) is 12.2. The molecule has 0 bridgehead atoms. The van der Waals surface area contributed by atoms with Gasteiger partial charge in [0.2, 0.25) is 0 Å². The second kappa shape index (κ2) is 5.49. The Labute approximate surface area is 95.9 Å². The monoisotopic (exact) mass is 222 g/mol. The summed E-state index contributed by atoms with van der Waals surface area (Å²) < 4.78 is 0. The average Bonchev–Trinajstić information content (AvgIpc) is 2.28. The molecular formula is C12H18N2O2. The third-order valence-electron chi connectivity index (χ3n) is 2.74. The molecule has 0 saturated carbocycles. The fraction of sp³-hybridized carbons (Fsp3) is 0.500. The summed E-state index contributed by atoms with van der Waals surface area (Å²) in [5, 5.41) is 8.85. The third kappa shape index (κ3) is 2.95. The highest BCUT2D eigenvalue weighted by molar-refractivity contribution is 5.86. The van der Waals surface area contributed by atoms with Crippen LogP contribution in [-0.4, -0.2) is 29.1 Å². The summed E-state index contributed by atoms with van der Waals surface area (Å²) in [5.74, 6) is -0.988. The van der Waals surface area contributed by atoms with Gasteiger partial charge < -0.3 is 10.0 Å². The Morgan fingerprint density at radius 3 is 2.88 bits per heavy atom. The van der Waals surface area contributed by atoms with E-state index in [4.69, 9.17) is 5.11 Å². The maximum Gasteiger partial charge on any atom is 0.354 e. The molecule has 16 heavy (non-hydrogen) atoms. The van der Waals surface area contributed by atoms with E-state index < -0.39 is 5.97 Å². The molecule has 4 nitrogen and oxygen atoms in total. The van der Waals surface area contributed by atoms with E-state index in [9.17, 15) is 4.79 Å². The minimum Gasteiger partial charge on any atom is -0.477 e. The second-order valence-corrected chi connectivity index (χ2v) is 3.95. The third-order valence-corrected chi connectivity index (χ3v) is 2.74. The molecule has 0 aromatic carbocycles. The Hall–Kier alpha value is -1.58. The number of aromatic nitrogens is 1. The zero-order valence-corrected chi connectivity index (χ0v) is 9.97. The lowest BCUT2D eigenvalue weighted by atomic mass is 10.1. The van der Waals surface area contributed by atoms with Crippen LogP contribution in [0.5, 0.6) is 0 Å². The van der Waals surface area contributed by atoms with Gasteiger partial charge in [0.1, 0.15) is 5.69 Å². The fourth-order valence-electron chi connectivity index (χ4n) is 1.62. The average molecular weight is 222 g/mol. The summed E-state index contributed by atoms with van der Waals surface area (Å²) in [5.41, 5.74) is 0.987. The molecule has 4 heteroatoms. The van der Waals surface area contributed by atoms with Crippen molar-refractivity contribution >= 4 is 11.7 Å². The van der Waals surface area contributed by atoms with Crippen molar-refractivity contribution in [3.05, 3.63) is 24.0 Å². The van der Waals surface area contributed by atoms with Gasteiger partial charge in [0.05, 0.1) is 0 Å². The van der Waals surface area contributed by atoms with Gasteiger partial charge >= 0.3 is 5.97 Å². The van der Waals surface area contributed by atoms with Crippen LogP contribution in [0, 0.1) is 0 Å². The van der Waals surface area contributed by atoms with E-state index in [2.05, 4.69) is 23.7 Å². The van der Waals surface area contributed by atoms with Crippen molar-refractivity contribution < 1.29 is 9.90 Å².